The third kappa shape index (κ3) is 4.87. The van der Waals surface area contributed by atoms with Crippen LogP contribution in [0.3, 0.4) is 0 Å². The second-order valence-electron chi connectivity index (χ2n) is 8.54. The number of oxazole rings is 1. The molecule has 0 saturated carbocycles. The van der Waals surface area contributed by atoms with E-state index in [2.05, 4.69) is 9.97 Å². The minimum Gasteiger partial charge on any atom is -0.428 e. The van der Waals surface area contributed by atoms with Crippen LogP contribution in [0.15, 0.2) is 78.8 Å². The molecule has 10 heteroatoms. The standard InChI is InChI=1S/C26H24ClN3O4S2/c1-17-21(25(31)30-15-6-5-9-22(30)28-17)14-16-35-26-24(36(32,33)20-7-3-2-4-8-20)29-23(34-26)18-10-12-19(27)13-11-18/h2-4,7-8,10-13H,5-6,9,14-16H2,1H3. The molecule has 4 aromatic rings. The van der Waals surface area contributed by atoms with Crippen LogP contribution in [0, 0.1) is 6.92 Å². The highest BCUT2D eigenvalue weighted by atomic mass is 35.5. The molecule has 2 aromatic carbocycles. The van der Waals surface area contributed by atoms with Gasteiger partial charge in [-0.3, -0.25) is 9.36 Å². The molecule has 0 amide bonds. The Hall–Kier alpha value is -2.88. The van der Waals surface area contributed by atoms with Gasteiger partial charge in [-0.2, -0.15) is 4.98 Å². The van der Waals surface area contributed by atoms with Crippen molar-refractivity contribution in [3.8, 4) is 11.5 Å². The smallest absolute Gasteiger partial charge is 0.256 e. The van der Waals surface area contributed by atoms with Gasteiger partial charge in [0.05, 0.1) is 4.90 Å². The lowest BCUT2D eigenvalue weighted by Gasteiger charge is -2.19. The first-order valence-electron chi connectivity index (χ1n) is 11.6. The van der Waals surface area contributed by atoms with Crippen molar-refractivity contribution in [1.82, 2.24) is 14.5 Å². The highest BCUT2D eigenvalue weighted by molar-refractivity contribution is 8.00. The highest BCUT2D eigenvalue weighted by Gasteiger charge is 2.29. The van der Waals surface area contributed by atoms with Crippen molar-refractivity contribution in [3.05, 3.63) is 87.1 Å². The Morgan fingerprint density at radius 3 is 2.56 bits per heavy atom. The lowest BCUT2D eigenvalue weighted by molar-refractivity contribution is 0.470. The Morgan fingerprint density at radius 2 is 1.81 bits per heavy atom. The third-order valence-electron chi connectivity index (χ3n) is 6.13. The number of fused-ring (bicyclic) bond motifs is 1. The van der Waals surface area contributed by atoms with Crippen molar-refractivity contribution in [2.75, 3.05) is 5.75 Å². The van der Waals surface area contributed by atoms with Crippen LogP contribution in [0.25, 0.3) is 11.5 Å². The van der Waals surface area contributed by atoms with Gasteiger partial charge in [0, 0.05) is 40.6 Å². The fourth-order valence-electron chi connectivity index (χ4n) is 4.24. The molecule has 0 unspecified atom stereocenters. The number of nitrogens with zero attached hydrogens (tertiary/aromatic N) is 3. The number of rotatable bonds is 7. The van der Waals surface area contributed by atoms with Gasteiger partial charge in [0.1, 0.15) is 5.82 Å². The number of hydrogen-bond donors (Lipinski definition) is 0. The minimum atomic E-state index is -3.92. The normalized spacial score (nSPS) is 13.5. The molecule has 0 N–H and O–H groups in total. The van der Waals surface area contributed by atoms with E-state index in [0.29, 0.717) is 34.9 Å². The van der Waals surface area contributed by atoms with Gasteiger partial charge in [0.2, 0.25) is 25.8 Å². The zero-order valence-corrected chi connectivity index (χ0v) is 22.0. The summed E-state index contributed by atoms with van der Waals surface area (Å²) in [7, 11) is -3.92. The number of aryl methyl sites for hydroxylation is 2. The molecule has 1 aliphatic rings. The first-order chi connectivity index (χ1) is 17.3. The van der Waals surface area contributed by atoms with E-state index < -0.39 is 9.84 Å². The summed E-state index contributed by atoms with van der Waals surface area (Å²) in [4.78, 5) is 22.2. The predicted octanol–water partition coefficient (Wildman–Crippen LogP) is 5.36. The van der Waals surface area contributed by atoms with Crippen LogP contribution >= 0.6 is 23.4 Å². The summed E-state index contributed by atoms with van der Waals surface area (Å²) >= 11 is 7.23. The van der Waals surface area contributed by atoms with E-state index in [1.165, 1.54) is 23.9 Å². The maximum atomic E-state index is 13.4. The third-order valence-corrected chi connectivity index (χ3v) is 9.14. The van der Waals surface area contributed by atoms with Crippen LogP contribution in [0.4, 0.5) is 0 Å². The molecule has 186 valence electrons. The van der Waals surface area contributed by atoms with Crippen LogP contribution in [0.2, 0.25) is 5.02 Å². The summed E-state index contributed by atoms with van der Waals surface area (Å²) in [6, 6.07) is 15.0. The van der Waals surface area contributed by atoms with Gasteiger partial charge < -0.3 is 4.42 Å². The van der Waals surface area contributed by atoms with Crippen LogP contribution in [-0.2, 0) is 29.2 Å². The van der Waals surface area contributed by atoms with E-state index in [-0.39, 0.29) is 26.5 Å². The Balaban J connectivity index is 1.46. The minimum absolute atomic E-state index is 0.00523. The topological polar surface area (TPSA) is 95.1 Å². The number of benzene rings is 2. The molecule has 0 aliphatic carbocycles. The average molecular weight is 542 g/mol. The number of sulfone groups is 1. The molecule has 5 rings (SSSR count). The summed E-state index contributed by atoms with van der Waals surface area (Å²) in [5.74, 6) is 1.47. The molecule has 0 spiro atoms. The number of aromatic nitrogens is 3. The van der Waals surface area contributed by atoms with E-state index in [9.17, 15) is 13.2 Å². The van der Waals surface area contributed by atoms with Crippen LogP contribution in [0.1, 0.15) is 29.9 Å². The van der Waals surface area contributed by atoms with Gasteiger partial charge >= 0.3 is 0 Å². The van der Waals surface area contributed by atoms with Crippen molar-refractivity contribution in [3.63, 3.8) is 0 Å². The SMILES string of the molecule is Cc1nc2n(c(=O)c1CCSc1oc(-c3ccc(Cl)cc3)nc1S(=O)(=O)c1ccccc1)CCCC2. The Morgan fingerprint density at radius 1 is 1.06 bits per heavy atom. The summed E-state index contributed by atoms with van der Waals surface area (Å²) in [6.07, 6.45) is 3.26. The zero-order chi connectivity index (χ0) is 25.3. The fourth-order valence-corrected chi connectivity index (χ4v) is 6.88. The summed E-state index contributed by atoms with van der Waals surface area (Å²) in [6.45, 7) is 2.54. The molecule has 1 aliphatic heterocycles. The molecule has 0 radical (unpaired) electrons. The van der Waals surface area contributed by atoms with E-state index in [1.807, 2.05) is 6.92 Å². The molecular formula is C26H24ClN3O4S2. The average Bonchev–Trinajstić information content (AvgIpc) is 3.32. The molecule has 7 nitrogen and oxygen atoms in total. The van der Waals surface area contributed by atoms with E-state index in [0.717, 1.165) is 30.8 Å². The van der Waals surface area contributed by atoms with E-state index >= 15 is 0 Å². The highest BCUT2D eigenvalue weighted by Crippen LogP contribution is 2.35. The monoisotopic (exact) mass is 541 g/mol. The van der Waals surface area contributed by atoms with Gasteiger partial charge in [0.25, 0.3) is 5.56 Å². The van der Waals surface area contributed by atoms with Gasteiger partial charge in [0.15, 0.2) is 0 Å². The van der Waals surface area contributed by atoms with Crippen LogP contribution in [0.5, 0.6) is 0 Å². The molecule has 3 heterocycles. The molecule has 0 saturated heterocycles. The first kappa shape index (κ1) is 24.8. The summed E-state index contributed by atoms with van der Waals surface area (Å²) < 4.78 is 34.6. The van der Waals surface area contributed by atoms with Gasteiger partial charge in [-0.15, -0.1) is 0 Å². The van der Waals surface area contributed by atoms with Crippen molar-refractivity contribution < 1.29 is 12.8 Å². The van der Waals surface area contributed by atoms with Crippen molar-refractivity contribution in [1.29, 1.82) is 0 Å². The van der Waals surface area contributed by atoms with Gasteiger partial charge in [-0.1, -0.05) is 41.6 Å². The molecule has 36 heavy (non-hydrogen) atoms. The second-order valence-corrected chi connectivity index (χ2v) is 11.9. The molecule has 0 bridgehead atoms. The maximum absolute atomic E-state index is 13.4. The van der Waals surface area contributed by atoms with E-state index in [1.54, 1.807) is 47.0 Å². The number of hydrogen-bond acceptors (Lipinski definition) is 7. The second kappa shape index (κ2) is 10.2. The Labute approximate surface area is 218 Å². The molecule has 0 fully saturated rings. The molecular weight excluding hydrogens is 518 g/mol. The largest absolute Gasteiger partial charge is 0.428 e. The van der Waals surface area contributed by atoms with Gasteiger partial charge in [-0.25, -0.2) is 13.4 Å². The maximum Gasteiger partial charge on any atom is 0.256 e. The Bertz CT molecular complexity index is 1560. The quantitative estimate of drug-likeness (QED) is 0.290. The zero-order valence-electron chi connectivity index (χ0n) is 19.6. The molecule has 0 atom stereocenters. The molecule has 2 aromatic heterocycles. The first-order valence-corrected chi connectivity index (χ1v) is 14.5. The van der Waals surface area contributed by atoms with Gasteiger partial charge in [-0.05, 0) is 62.6 Å². The summed E-state index contributed by atoms with van der Waals surface area (Å²) in [5, 5.41) is 0.602. The fraction of sp³-hybridized carbons (Fsp3) is 0.269. The lowest BCUT2D eigenvalue weighted by Crippen LogP contribution is -2.32. The number of thioether (sulfide) groups is 1. The lowest BCUT2D eigenvalue weighted by atomic mass is 10.1. The summed E-state index contributed by atoms with van der Waals surface area (Å²) in [5.41, 5.74) is 1.99. The van der Waals surface area contributed by atoms with Crippen molar-refractivity contribution in [2.24, 2.45) is 0 Å². The number of halogens is 1. The Kier molecular flexibility index (Phi) is 7.05. The van der Waals surface area contributed by atoms with Crippen molar-refractivity contribution >= 4 is 33.2 Å². The van der Waals surface area contributed by atoms with Crippen molar-refractivity contribution in [2.45, 2.75) is 54.2 Å². The predicted molar refractivity (Wildman–Crippen MR) is 139 cm³/mol. The van der Waals surface area contributed by atoms with Crippen LogP contribution < -0.4 is 5.56 Å². The van der Waals surface area contributed by atoms with E-state index in [4.69, 9.17) is 16.0 Å². The van der Waals surface area contributed by atoms with Crippen LogP contribution in [-0.4, -0.2) is 28.7 Å².